The van der Waals surface area contributed by atoms with Gasteiger partial charge >= 0.3 is 5.97 Å². The van der Waals surface area contributed by atoms with Gasteiger partial charge in [0.15, 0.2) is 0 Å². The summed E-state index contributed by atoms with van der Waals surface area (Å²) in [6.45, 7) is 1.79. The number of methoxy groups -OCH3 is 1. The van der Waals surface area contributed by atoms with Crippen molar-refractivity contribution in [2.24, 2.45) is 0 Å². The smallest absolute Gasteiger partial charge is 0.315 e. The van der Waals surface area contributed by atoms with Gasteiger partial charge in [0.2, 0.25) is 5.88 Å². The zero-order chi connectivity index (χ0) is 11.1. The van der Waals surface area contributed by atoms with Crippen LogP contribution in [0.1, 0.15) is 24.1 Å². The Morgan fingerprint density at radius 2 is 2.20 bits per heavy atom. The van der Waals surface area contributed by atoms with Gasteiger partial charge in [0.1, 0.15) is 11.7 Å². The predicted octanol–water partition coefficient (Wildman–Crippen LogP) is 0.910. The molecule has 0 amide bonds. The molecule has 80 valence electrons. The molecule has 1 N–H and O–H groups in total. The Balaban J connectivity index is 2.50. The fourth-order valence-corrected chi connectivity index (χ4v) is 1.80. The van der Waals surface area contributed by atoms with Crippen LogP contribution in [0.5, 0.6) is 5.88 Å². The summed E-state index contributed by atoms with van der Waals surface area (Å²) in [6.07, 6.45) is 2.64. The van der Waals surface area contributed by atoms with Gasteiger partial charge < -0.3 is 9.84 Å². The molecule has 0 radical (unpaired) electrons. The third-order valence-electron chi connectivity index (χ3n) is 2.84. The minimum Gasteiger partial charge on any atom is -0.481 e. The summed E-state index contributed by atoms with van der Waals surface area (Å²) in [6, 6.07) is 0. The molecule has 1 saturated carbocycles. The number of carbonyl (C=O) groups is 1. The van der Waals surface area contributed by atoms with E-state index in [9.17, 15) is 4.79 Å². The Morgan fingerprint density at radius 1 is 1.53 bits per heavy atom. The van der Waals surface area contributed by atoms with E-state index in [0.717, 1.165) is 5.56 Å². The van der Waals surface area contributed by atoms with Crippen LogP contribution in [0.15, 0.2) is 6.33 Å². The summed E-state index contributed by atoms with van der Waals surface area (Å²) in [5, 5.41) is 9.14. The number of nitrogens with zero attached hydrogens (tertiary/aromatic N) is 2. The quantitative estimate of drug-likeness (QED) is 0.799. The molecule has 0 unspecified atom stereocenters. The van der Waals surface area contributed by atoms with E-state index in [-0.39, 0.29) is 0 Å². The minimum atomic E-state index is -0.814. The first kappa shape index (κ1) is 9.89. The summed E-state index contributed by atoms with van der Waals surface area (Å²) in [5.74, 6) is -0.362. The number of rotatable bonds is 3. The van der Waals surface area contributed by atoms with Gasteiger partial charge in [-0.3, -0.25) is 4.79 Å². The highest BCUT2D eigenvalue weighted by molar-refractivity contribution is 5.84. The largest absolute Gasteiger partial charge is 0.481 e. The zero-order valence-electron chi connectivity index (χ0n) is 8.65. The monoisotopic (exact) mass is 208 g/mol. The fraction of sp³-hybridized carbons (Fsp3) is 0.500. The van der Waals surface area contributed by atoms with E-state index in [1.165, 1.54) is 13.4 Å². The number of hydrogen-bond acceptors (Lipinski definition) is 4. The van der Waals surface area contributed by atoms with Gasteiger partial charge in [0, 0.05) is 5.56 Å². The zero-order valence-corrected chi connectivity index (χ0v) is 8.65. The maximum absolute atomic E-state index is 11.1. The average molecular weight is 208 g/mol. The number of aliphatic carboxylic acids is 1. The topological polar surface area (TPSA) is 72.3 Å². The van der Waals surface area contributed by atoms with Crippen LogP contribution in [-0.4, -0.2) is 28.2 Å². The molecule has 0 aromatic carbocycles. The maximum Gasteiger partial charge on any atom is 0.315 e. The molecule has 1 aromatic heterocycles. The molecular formula is C10H12N2O3. The van der Waals surface area contributed by atoms with E-state index in [0.29, 0.717) is 24.4 Å². The van der Waals surface area contributed by atoms with Gasteiger partial charge in [0.25, 0.3) is 0 Å². The lowest BCUT2D eigenvalue weighted by molar-refractivity contribution is -0.140. The average Bonchev–Trinajstić information content (AvgIpc) is 2.99. The number of carboxylic acid groups (broad SMARTS) is 1. The lowest BCUT2D eigenvalue weighted by atomic mass is 9.99. The third-order valence-corrected chi connectivity index (χ3v) is 2.84. The Hall–Kier alpha value is -1.65. The first-order valence-electron chi connectivity index (χ1n) is 4.71. The SMILES string of the molecule is COc1ncnc(C2(C(=O)O)CC2)c1C. The van der Waals surface area contributed by atoms with Gasteiger partial charge in [-0.15, -0.1) is 0 Å². The second-order valence-corrected chi connectivity index (χ2v) is 3.74. The van der Waals surface area contributed by atoms with Crippen molar-refractivity contribution in [2.45, 2.75) is 25.2 Å². The van der Waals surface area contributed by atoms with Gasteiger partial charge in [-0.25, -0.2) is 9.97 Å². The van der Waals surface area contributed by atoms with Crippen LogP contribution in [0.4, 0.5) is 0 Å². The van der Waals surface area contributed by atoms with Crippen LogP contribution in [0, 0.1) is 6.92 Å². The van der Waals surface area contributed by atoms with Crippen LogP contribution < -0.4 is 4.74 Å². The van der Waals surface area contributed by atoms with E-state index < -0.39 is 11.4 Å². The highest BCUT2D eigenvalue weighted by Crippen LogP contribution is 2.49. The Labute approximate surface area is 87.1 Å². The summed E-state index contributed by atoms with van der Waals surface area (Å²) in [4.78, 5) is 19.1. The predicted molar refractivity (Wildman–Crippen MR) is 51.9 cm³/mol. The lowest BCUT2D eigenvalue weighted by Crippen LogP contribution is -2.22. The standard InChI is InChI=1S/C10H12N2O3/c1-6-7(10(3-4-10)9(13)14)11-5-12-8(6)15-2/h5H,3-4H2,1-2H3,(H,13,14). The van der Waals surface area contributed by atoms with Crippen molar-refractivity contribution < 1.29 is 14.6 Å². The van der Waals surface area contributed by atoms with Crippen molar-refractivity contribution >= 4 is 5.97 Å². The molecule has 15 heavy (non-hydrogen) atoms. The van der Waals surface area contributed by atoms with Crippen molar-refractivity contribution in [2.75, 3.05) is 7.11 Å². The maximum atomic E-state index is 11.1. The molecular weight excluding hydrogens is 196 g/mol. The Morgan fingerprint density at radius 3 is 2.67 bits per heavy atom. The van der Waals surface area contributed by atoms with Crippen LogP contribution >= 0.6 is 0 Å². The van der Waals surface area contributed by atoms with Crippen molar-refractivity contribution in [3.8, 4) is 5.88 Å². The van der Waals surface area contributed by atoms with Crippen LogP contribution in [-0.2, 0) is 10.2 Å². The van der Waals surface area contributed by atoms with Crippen molar-refractivity contribution in [1.82, 2.24) is 9.97 Å². The molecule has 1 heterocycles. The van der Waals surface area contributed by atoms with E-state index >= 15 is 0 Å². The third kappa shape index (κ3) is 1.35. The van der Waals surface area contributed by atoms with Crippen LogP contribution in [0.25, 0.3) is 0 Å². The number of carboxylic acids is 1. The molecule has 0 aliphatic heterocycles. The van der Waals surface area contributed by atoms with Crippen molar-refractivity contribution in [3.05, 3.63) is 17.6 Å². The first-order valence-corrected chi connectivity index (χ1v) is 4.71. The molecule has 0 atom stereocenters. The molecule has 5 nitrogen and oxygen atoms in total. The first-order chi connectivity index (χ1) is 7.12. The summed E-state index contributed by atoms with van der Waals surface area (Å²) in [7, 11) is 1.51. The van der Waals surface area contributed by atoms with Crippen molar-refractivity contribution in [1.29, 1.82) is 0 Å². The molecule has 2 rings (SSSR count). The van der Waals surface area contributed by atoms with E-state index in [4.69, 9.17) is 9.84 Å². The van der Waals surface area contributed by atoms with Gasteiger partial charge in [-0.05, 0) is 19.8 Å². The molecule has 1 aliphatic carbocycles. The van der Waals surface area contributed by atoms with Gasteiger partial charge in [0.05, 0.1) is 12.8 Å². The molecule has 0 saturated heterocycles. The lowest BCUT2D eigenvalue weighted by Gasteiger charge is -2.13. The second kappa shape index (κ2) is 3.18. The number of aromatic nitrogens is 2. The molecule has 0 bridgehead atoms. The normalized spacial score (nSPS) is 17.2. The summed E-state index contributed by atoms with van der Waals surface area (Å²) >= 11 is 0. The van der Waals surface area contributed by atoms with E-state index in [2.05, 4.69) is 9.97 Å². The second-order valence-electron chi connectivity index (χ2n) is 3.74. The van der Waals surface area contributed by atoms with E-state index in [1.54, 1.807) is 6.92 Å². The molecule has 0 spiro atoms. The minimum absolute atomic E-state index is 0.451. The summed E-state index contributed by atoms with van der Waals surface area (Å²) < 4.78 is 5.04. The molecule has 1 aromatic rings. The fourth-order valence-electron chi connectivity index (χ4n) is 1.80. The highest BCUT2D eigenvalue weighted by atomic mass is 16.5. The highest BCUT2D eigenvalue weighted by Gasteiger charge is 2.54. The Bertz CT molecular complexity index is 413. The van der Waals surface area contributed by atoms with Gasteiger partial charge in [-0.2, -0.15) is 0 Å². The summed E-state index contributed by atoms with van der Waals surface area (Å²) in [5.41, 5.74) is 0.516. The van der Waals surface area contributed by atoms with E-state index in [1.807, 2.05) is 0 Å². The van der Waals surface area contributed by atoms with Crippen molar-refractivity contribution in [3.63, 3.8) is 0 Å². The van der Waals surface area contributed by atoms with Crippen LogP contribution in [0.3, 0.4) is 0 Å². The number of ether oxygens (including phenoxy) is 1. The molecule has 1 fully saturated rings. The van der Waals surface area contributed by atoms with Gasteiger partial charge in [-0.1, -0.05) is 0 Å². The molecule has 1 aliphatic rings. The number of hydrogen-bond donors (Lipinski definition) is 1. The Kier molecular flexibility index (Phi) is 2.10. The van der Waals surface area contributed by atoms with Crippen LogP contribution in [0.2, 0.25) is 0 Å². The molecule has 5 heteroatoms.